The second-order valence-corrected chi connectivity index (χ2v) is 16.0. The minimum absolute atomic E-state index is 1.26. The molecule has 0 radical (unpaired) electrons. The first-order valence-corrected chi connectivity index (χ1v) is 15.5. The fraction of sp³-hybridized carbons (Fsp3) is 0.143. The first-order valence-electron chi connectivity index (χ1n) is 6.79. The van der Waals surface area contributed by atoms with Crippen molar-refractivity contribution in [1.82, 2.24) is 0 Å². The average molecular weight is 497 g/mol. The van der Waals surface area contributed by atoms with Crippen molar-refractivity contribution in [2.24, 2.45) is 0 Å². The van der Waals surface area contributed by atoms with Crippen LogP contribution in [-0.4, -0.2) is 11.5 Å². The van der Waals surface area contributed by atoms with Crippen LogP contribution in [0.4, 0.5) is 0 Å². The molecule has 5 aliphatic heterocycles. The molecule has 0 nitrogen and oxygen atoms in total. The van der Waals surface area contributed by atoms with Crippen molar-refractivity contribution in [3.63, 3.8) is 0 Å². The Morgan fingerprint density at radius 1 is 0.500 bits per heavy atom. The van der Waals surface area contributed by atoms with Gasteiger partial charge in [-0.05, 0) is 21.6 Å². The quantitative estimate of drug-likeness (QED) is 0.343. The van der Waals surface area contributed by atoms with Crippen LogP contribution in [0.5, 0.6) is 0 Å². The molecule has 0 saturated carbocycles. The zero-order chi connectivity index (χ0) is 15.9. The number of rotatable bonds is 1. The maximum absolute atomic E-state index is 2.34. The summed E-state index contributed by atoms with van der Waals surface area (Å²) in [4.78, 5) is 2.83. The lowest BCUT2D eigenvalue weighted by molar-refractivity contribution is 1.56. The normalized spacial score (nSPS) is 26.7. The third-order valence-corrected chi connectivity index (χ3v) is 16.9. The molecular weight excluding hydrogens is 489 g/mol. The standard InChI is InChI=1S/C14H8S10/c1-2-16-9(15-1)10-19-5-7(21-10)8-6-20-13(22-8)14-23-11-12(24-14)18-4-3-17-11/h1-2,5-6H,3-4H2. The van der Waals surface area contributed by atoms with E-state index in [0.717, 1.165) is 0 Å². The highest BCUT2D eigenvalue weighted by molar-refractivity contribution is 8.43. The van der Waals surface area contributed by atoms with E-state index in [1.807, 2.05) is 118 Å². The van der Waals surface area contributed by atoms with E-state index >= 15 is 0 Å². The van der Waals surface area contributed by atoms with Crippen LogP contribution in [0.25, 0.3) is 0 Å². The molecular formula is C14H8S10. The molecule has 0 spiro atoms. The van der Waals surface area contributed by atoms with Gasteiger partial charge in [0.2, 0.25) is 0 Å². The fourth-order valence-corrected chi connectivity index (χ4v) is 15.3. The average Bonchev–Trinajstić information content (AvgIpc) is 3.40. The van der Waals surface area contributed by atoms with E-state index in [1.165, 1.54) is 46.7 Å². The summed E-state index contributed by atoms with van der Waals surface area (Å²) in [6.07, 6.45) is 0. The molecule has 0 saturated heterocycles. The summed E-state index contributed by atoms with van der Waals surface area (Å²) in [7, 11) is 0. The molecule has 124 valence electrons. The maximum atomic E-state index is 2.34. The van der Waals surface area contributed by atoms with E-state index < -0.39 is 0 Å². The summed E-state index contributed by atoms with van der Waals surface area (Å²) < 4.78 is 8.89. The molecule has 5 aliphatic rings. The molecule has 0 amide bonds. The molecule has 0 unspecified atom stereocenters. The Morgan fingerprint density at radius 2 is 1.04 bits per heavy atom. The molecule has 0 aromatic carbocycles. The summed E-state index contributed by atoms with van der Waals surface area (Å²) in [6.45, 7) is 0. The second-order valence-electron chi connectivity index (χ2n) is 4.54. The zero-order valence-electron chi connectivity index (χ0n) is 11.8. The van der Waals surface area contributed by atoms with Crippen LogP contribution in [0.1, 0.15) is 0 Å². The Balaban J connectivity index is 1.27. The Kier molecular flexibility index (Phi) is 6.09. The van der Waals surface area contributed by atoms with Crippen LogP contribution in [0, 0.1) is 0 Å². The van der Waals surface area contributed by atoms with Crippen molar-refractivity contribution in [1.29, 1.82) is 0 Å². The Hall–Kier alpha value is 1.94. The van der Waals surface area contributed by atoms with Gasteiger partial charge in [0.1, 0.15) is 0 Å². The maximum Gasteiger partial charge on any atom is 0.0717 e. The van der Waals surface area contributed by atoms with Crippen LogP contribution in [-0.2, 0) is 0 Å². The highest BCUT2D eigenvalue weighted by Crippen LogP contribution is 2.65. The van der Waals surface area contributed by atoms with Crippen molar-refractivity contribution >= 4 is 118 Å². The molecule has 10 heteroatoms. The van der Waals surface area contributed by atoms with Gasteiger partial charge in [-0.1, -0.05) is 94.1 Å². The van der Waals surface area contributed by atoms with Crippen LogP contribution in [0.15, 0.2) is 56.9 Å². The van der Waals surface area contributed by atoms with Gasteiger partial charge in [-0.3, -0.25) is 0 Å². The van der Waals surface area contributed by atoms with Gasteiger partial charge < -0.3 is 0 Å². The second kappa shape index (κ2) is 8.13. The molecule has 0 aromatic heterocycles. The molecule has 5 heterocycles. The topological polar surface area (TPSA) is 0 Å². The highest BCUT2D eigenvalue weighted by atomic mass is 32.3. The van der Waals surface area contributed by atoms with Crippen molar-refractivity contribution in [2.45, 2.75) is 0 Å². The number of hydrogen-bond donors (Lipinski definition) is 0. The third-order valence-electron chi connectivity index (χ3n) is 3.02. The fourth-order valence-electron chi connectivity index (χ4n) is 2.01. The van der Waals surface area contributed by atoms with Gasteiger partial charge >= 0.3 is 0 Å². The molecule has 24 heavy (non-hydrogen) atoms. The van der Waals surface area contributed by atoms with E-state index in [4.69, 9.17) is 0 Å². The number of hydrogen-bond acceptors (Lipinski definition) is 10. The highest BCUT2D eigenvalue weighted by Gasteiger charge is 2.31. The van der Waals surface area contributed by atoms with E-state index in [1.54, 1.807) is 0 Å². The summed E-state index contributed by atoms with van der Waals surface area (Å²) >= 11 is 19.4. The van der Waals surface area contributed by atoms with Crippen molar-refractivity contribution < 1.29 is 0 Å². The van der Waals surface area contributed by atoms with Crippen molar-refractivity contribution in [3.05, 3.63) is 56.9 Å². The molecule has 0 atom stereocenters. The van der Waals surface area contributed by atoms with Crippen LogP contribution >= 0.6 is 118 Å². The van der Waals surface area contributed by atoms with Gasteiger partial charge in [-0.2, -0.15) is 0 Å². The third kappa shape index (κ3) is 3.75. The lowest BCUT2D eigenvalue weighted by Crippen LogP contribution is -1.88. The van der Waals surface area contributed by atoms with Gasteiger partial charge in [0.15, 0.2) is 0 Å². The van der Waals surface area contributed by atoms with Crippen LogP contribution in [0.2, 0.25) is 0 Å². The lowest BCUT2D eigenvalue weighted by Gasteiger charge is -2.08. The minimum Gasteiger partial charge on any atom is -0.116 e. The summed E-state index contributed by atoms with van der Waals surface area (Å²) in [5, 5.41) is 9.01. The molecule has 0 N–H and O–H groups in total. The first-order chi connectivity index (χ1) is 11.9. The van der Waals surface area contributed by atoms with Crippen LogP contribution < -0.4 is 0 Å². The molecule has 0 aliphatic carbocycles. The first kappa shape index (κ1) is 18.0. The van der Waals surface area contributed by atoms with Gasteiger partial charge in [-0.15, -0.1) is 23.5 Å². The Labute approximate surface area is 184 Å². The summed E-state index contributed by atoms with van der Waals surface area (Å²) in [5.74, 6) is 2.51. The Bertz CT molecular complexity index is 751. The molecule has 0 fully saturated rings. The Morgan fingerprint density at radius 3 is 1.62 bits per heavy atom. The predicted molar refractivity (Wildman–Crippen MR) is 132 cm³/mol. The summed E-state index contributed by atoms with van der Waals surface area (Å²) in [6, 6.07) is 0. The van der Waals surface area contributed by atoms with E-state index in [-0.39, 0.29) is 0 Å². The van der Waals surface area contributed by atoms with E-state index in [0.29, 0.717) is 0 Å². The zero-order valence-corrected chi connectivity index (χ0v) is 20.0. The molecule has 0 bridgehead atoms. The predicted octanol–water partition coefficient (Wildman–Crippen LogP) is 8.92. The van der Waals surface area contributed by atoms with Gasteiger partial charge in [0.05, 0.1) is 25.4 Å². The smallest absolute Gasteiger partial charge is 0.0717 e. The minimum atomic E-state index is 1.26. The largest absolute Gasteiger partial charge is 0.116 e. The SMILES string of the molecule is C1=CSC(=C2SC=C(C3=CSC(=C4SC5=C(SCCS5)S4)S3)S2)S1. The van der Waals surface area contributed by atoms with E-state index in [9.17, 15) is 0 Å². The summed E-state index contributed by atoms with van der Waals surface area (Å²) in [5.41, 5.74) is 0. The van der Waals surface area contributed by atoms with Gasteiger partial charge in [-0.25, -0.2) is 0 Å². The van der Waals surface area contributed by atoms with Crippen LogP contribution in [0.3, 0.4) is 0 Å². The van der Waals surface area contributed by atoms with Crippen molar-refractivity contribution in [3.8, 4) is 0 Å². The lowest BCUT2D eigenvalue weighted by atomic mass is 10.6. The monoisotopic (exact) mass is 496 g/mol. The van der Waals surface area contributed by atoms with Gasteiger partial charge in [0, 0.05) is 21.3 Å². The van der Waals surface area contributed by atoms with Gasteiger partial charge in [0.25, 0.3) is 0 Å². The van der Waals surface area contributed by atoms with Crippen molar-refractivity contribution in [2.75, 3.05) is 11.5 Å². The van der Waals surface area contributed by atoms with E-state index in [2.05, 4.69) is 21.6 Å². The number of thioether (sulfide) groups is 10. The molecule has 0 aromatic rings. The molecule has 5 rings (SSSR count).